The summed E-state index contributed by atoms with van der Waals surface area (Å²) in [6, 6.07) is 7.85. The van der Waals surface area contributed by atoms with Crippen LogP contribution in [0.15, 0.2) is 24.3 Å². The van der Waals surface area contributed by atoms with Gasteiger partial charge >= 0.3 is 0 Å². The van der Waals surface area contributed by atoms with E-state index in [1.807, 2.05) is 43.3 Å². The lowest BCUT2D eigenvalue weighted by molar-refractivity contribution is -0.118. The Labute approximate surface area is 108 Å². The molecule has 98 valence electrons. The molecule has 2 N–H and O–H groups in total. The topological polar surface area (TPSA) is 44.4 Å². The van der Waals surface area contributed by atoms with Gasteiger partial charge in [0.25, 0.3) is 0 Å². The van der Waals surface area contributed by atoms with E-state index in [0.717, 1.165) is 30.8 Å². The molecule has 1 aliphatic heterocycles. The van der Waals surface area contributed by atoms with Crippen molar-refractivity contribution < 1.29 is 4.79 Å². The lowest BCUT2D eigenvalue weighted by Gasteiger charge is -2.22. The second-order valence-electron chi connectivity index (χ2n) is 4.93. The Hall–Kier alpha value is -1.55. The molecule has 1 aromatic rings. The molecule has 1 aromatic carbocycles. The van der Waals surface area contributed by atoms with Gasteiger partial charge in [-0.25, -0.2) is 0 Å². The first-order chi connectivity index (χ1) is 8.66. The normalized spacial score (nSPS) is 19.3. The van der Waals surface area contributed by atoms with Crippen molar-refractivity contribution in [2.45, 2.75) is 25.3 Å². The van der Waals surface area contributed by atoms with E-state index in [4.69, 9.17) is 0 Å². The molecular weight excluding hydrogens is 226 g/mol. The van der Waals surface area contributed by atoms with Crippen LogP contribution in [-0.4, -0.2) is 32.6 Å². The third kappa shape index (κ3) is 3.23. The fraction of sp³-hybridized carbons (Fsp3) is 0.500. The van der Waals surface area contributed by atoms with Crippen LogP contribution < -0.4 is 15.5 Å². The van der Waals surface area contributed by atoms with Crippen LogP contribution in [0.5, 0.6) is 0 Å². The van der Waals surface area contributed by atoms with Gasteiger partial charge in [0, 0.05) is 25.5 Å². The fourth-order valence-corrected chi connectivity index (χ4v) is 2.15. The number of amides is 1. The highest BCUT2D eigenvalue weighted by Gasteiger charge is 2.20. The van der Waals surface area contributed by atoms with Crippen molar-refractivity contribution in [2.75, 3.05) is 30.9 Å². The second-order valence-corrected chi connectivity index (χ2v) is 4.93. The number of carbonyl (C=O) groups excluding carboxylic acids is 1. The lowest BCUT2D eigenvalue weighted by Crippen LogP contribution is -2.43. The predicted molar refractivity (Wildman–Crippen MR) is 75.0 cm³/mol. The Morgan fingerprint density at radius 2 is 2.00 bits per heavy atom. The van der Waals surface area contributed by atoms with E-state index in [1.54, 1.807) is 0 Å². The van der Waals surface area contributed by atoms with E-state index in [2.05, 4.69) is 10.6 Å². The molecule has 4 nitrogen and oxygen atoms in total. The van der Waals surface area contributed by atoms with E-state index < -0.39 is 0 Å². The molecule has 1 heterocycles. The number of nitrogens with one attached hydrogen (secondary N) is 2. The third-order valence-electron chi connectivity index (χ3n) is 3.28. The molecule has 0 spiro atoms. The van der Waals surface area contributed by atoms with Gasteiger partial charge in [-0.15, -0.1) is 0 Å². The number of benzene rings is 1. The van der Waals surface area contributed by atoms with Gasteiger partial charge in [-0.3, -0.25) is 4.79 Å². The summed E-state index contributed by atoms with van der Waals surface area (Å²) in [5.41, 5.74) is 1.99. The van der Waals surface area contributed by atoms with Crippen molar-refractivity contribution in [2.24, 2.45) is 0 Å². The first-order valence-corrected chi connectivity index (χ1v) is 6.48. The van der Waals surface area contributed by atoms with Crippen molar-refractivity contribution >= 4 is 17.3 Å². The molecule has 1 saturated heterocycles. The average molecular weight is 247 g/mol. The Kier molecular flexibility index (Phi) is 4.20. The SMILES string of the molecule is CN(C)c1ccc(NC(=O)C2CCCCN2)cc1. The summed E-state index contributed by atoms with van der Waals surface area (Å²) in [6.45, 7) is 0.942. The molecule has 1 atom stereocenters. The highest BCUT2D eigenvalue weighted by Crippen LogP contribution is 2.16. The summed E-state index contributed by atoms with van der Waals surface area (Å²) in [6.07, 6.45) is 3.23. The molecular formula is C14H21N3O. The quantitative estimate of drug-likeness (QED) is 0.856. The minimum Gasteiger partial charge on any atom is -0.378 e. The zero-order valence-corrected chi connectivity index (χ0v) is 11.1. The van der Waals surface area contributed by atoms with Gasteiger partial charge in [0.1, 0.15) is 0 Å². The van der Waals surface area contributed by atoms with Crippen molar-refractivity contribution in [3.63, 3.8) is 0 Å². The van der Waals surface area contributed by atoms with Gasteiger partial charge in [0.2, 0.25) is 5.91 Å². The molecule has 0 radical (unpaired) electrons. The maximum atomic E-state index is 12.0. The maximum Gasteiger partial charge on any atom is 0.241 e. The summed E-state index contributed by atoms with van der Waals surface area (Å²) < 4.78 is 0. The van der Waals surface area contributed by atoms with Crippen LogP contribution in [0.2, 0.25) is 0 Å². The number of carbonyl (C=O) groups is 1. The monoisotopic (exact) mass is 247 g/mol. The van der Waals surface area contributed by atoms with Gasteiger partial charge in [0.15, 0.2) is 0 Å². The Morgan fingerprint density at radius 1 is 1.28 bits per heavy atom. The summed E-state index contributed by atoms with van der Waals surface area (Å²) in [7, 11) is 4.00. The summed E-state index contributed by atoms with van der Waals surface area (Å²) >= 11 is 0. The van der Waals surface area contributed by atoms with Crippen LogP contribution in [0.25, 0.3) is 0 Å². The number of nitrogens with zero attached hydrogens (tertiary/aromatic N) is 1. The Balaban J connectivity index is 1.94. The van der Waals surface area contributed by atoms with Crippen molar-refractivity contribution in [1.82, 2.24) is 5.32 Å². The molecule has 1 fully saturated rings. The number of anilines is 2. The zero-order valence-electron chi connectivity index (χ0n) is 11.1. The minimum absolute atomic E-state index is 0.0349. The largest absolute Gasteiger partial charge is 0.378 e. The molecule has 1 unspecified atom stereocenters. The van der Waals surface area contributed by atoms with Gasteiger partial charge in [-0.2, -0.15) is 0 Å². The molecule has 0 saturated carbocycles. The van der Waals surface area contributed by atoms with E-state index in [0.29, 0.717) is 0 Å². The summed E-state index contributed by atoms with van der Waals surface area (Å²) in [5.74, 6) is 0.0762. The molecule has 0 aromatic heterocycles. The smallest absolute Gasteiger partial charge is 0.241 e. The van der Waals surface area contributed by atoms with E-state index in [-0.39, 0.29) is 11.9 Å². The number of hydrogen-bond donors (Lipinski definition) is 2. The Morgan fingerprint density at radius 3 is 2.56 bits per heavy atom. The van der Waals surface area contributed by atoms with Crippen LogP contribution in [-0.2, 0) is 4.79 Å². The molecule has 0 bridgehead atoms. The standard InChI is InChI=1S/C14H21N3O/c1-17(2)12-8-6-11(7-9-12)16-14(18)13-5-3-4-10-15-13/h6-9,13,15H,3-5,10H2,1-2H3,(H,16,18). The molecule has 2 rings (SSSR count). The van der Waals surface area contributed by atoms with Gasteiger partial charge < -0.3 is 15.5 Å². The van der Waals surface area contributed by atoms with E-state index in [1.165, 1.54) is 6.42 Å². The van der Waals surface area contributed by atoms with Crippen LogP contribution in [0.3, 0.4) is 0 Å². The predicted octanol–water partition coefficient (Wildman–Crippen LogP) is 1.83. The number of piperidine rings is 1. The van der Waals surface area contributed by atoms with E-state index in [9.17, 15) is 4.79 Å². The first-order valence-electron chi connectivity index (χ1n) is 6.48. The lowest BCUT2D eigenvalue weighted by atomic mass is 10.0. The van der Waals surface area contributed by atoms with Gasteiger partial charge in [-0.05, 0) is 43.7 Å². The van der Waals surface area contributed by atoms with Gasteiger partial charge in [-0.1, -0.05) is 6.42 Å². The Bertz CT molecular complexity index is 394. The molecule has 0 aliphatic carbocycles. The van der Waals surface area contributed by atoms with Crippen LogP contribution in [0.1, 0.15) is 19.3 Å². The van der Waals surface area contributed by atoms with Crippen LogP contribution >= 0.6 is 0 Å². The molecule has 1 aliphatic rings. The van der Waals surface area contributed by atoms with Gasteiger partial charge in [0.05, 0.1) is 6.04 Å². The summed E-state index contributed by atoms with van der Waals surface area (Å²) in [4.78, 5) is 14.0. The first kappa shape index (κ1) is 12.9. The number of hydrogen-bond acceptors (Lipinski definition) is 3. The fourth-order valence-electron chi connectivity index (χ4n) is 2.15. The van der Waals surface area contributed by atoms with E-state index >= 15 is 0 Å². The zero-order chi connectivity index (χ0) is 13.0. The number of rotatable bonds is 3. The highest BCUT2D eigenvalue weighted by molar-refractivity contribution is 5.95. The second kappa shape index (κ2) is 5.87. The summed E-state index contributed by atoms with van der Waals surface area (Å²) in [5, 5.41) is 6.21. The maximum absolute atomic E-state index is 12.0. The van der Waals surface area contributed by atoms with Crippen molar-refractivity contribution in [3.05, 3.63) is 24.3 Å². The third-order valence-corrected chi connectivity index (χ3v) is 3.28. The minimum atomic E-state index is -0.0349. The molecule has 4 heteroatoms. The van der Waals surface area contributed by atoms with Crippen molar-refractivity contribution in [3.8, 4) is 0 Å². The average Bonchev–Trinajstić information content (AvgIpc) is 2.40. The molecule has 18 heavy (non-hydrogen) atoms. The highest BCUT2D eigenvalue weighted by atomic mass is 16.2. The van der Waals surface area contributed by atoms with Crippen molar-refractivity contribution in [1.29, 1.82) is 0 Å². The van der Waals surface area contributed by atoms with Crippen LogP contribution in [0, 0.1) is 0 Å². The van der Waals surface area contributed by atoms with Crippen LogP contribution in [0.4, 0.5) is 11.4 Å². The molecule has 1 amide bonds.